The third kappa shape index (κ3) is 4.56. The monoisotopic (exact) mass is 513 g/mol. The summed E-state index contributed by atoms with van der Waals surface area (Å²) in [6.45, 7) is 4.08. The summed E-state index contributed by atoms with van der Waals surface area (Å²) in [7, 11) is 0. The second-order valence-electron chi connectivity index (χ2n) is 8.88. The van der Waals surface area contributed by atoms with Gasteiger partial charge in [-0.1, -0.05) is 12.1 Å². The summed E-state index contributed by atoms with van der Waals surface area (Å²) in [4.78, 5) is 29.7. The van der Waals surface area contributed by atoms with Crippen LogP contribution in [0.3, 0.4) is 0 Å². The fourth-order valence-corrected chi connectivity index (χ4v) is 4.83. The van der Waals surface area contributed by atoms with Crippen molar-refractivity contribution in [2.45, 2.75) is 25.9 Å². The van der Waals surface area contributed by atoms with Crippen molar-refractivity contribution in [3.8, 4) is 11.3 Å². The molecular weight excluding hydrogens is 490 g/mol. The second kappa shape index (κ2) is 9.51. The summed E-state index contributed by atoms with van der Waals surface area (Å²) in [5.74, 6) is -1.54. The van der Waals surface area contributed by atoms with E-state index >= 15 is 0 Å². The summed E-state index contributed by atoms with van der Waals surface area (Å²) < 4.78 is 6.27. The number of furan rings is 1. The van der Waals surface area contributed by atoms with Gasteiger partial charge in [0.2, 0.25) is 0 Å². The lowest BCUT2D eigenvalue weighted by Gasteiger charge is -2.26. The van der Waals surface area contributed by atoms with Crippen LogP contribution in [0.2, 0.25) is 0 Å². The Bertz CT molecular complexity index is 1500. The highest BCUT2D eigenvalue weighted by Gasteiger charge is 2.42. The molecule has 0 amide bonds. The lowest BCUT2D eigenvalue weighted by Crippen LogP contribution is -2.29. The van der Waals surface area contributed by atoms with E-state index in [-0.39, 0.29) is 17.2 Å². The number of anilines is 1. The molecule has 0 radical (unpaired) electrons. The second-order valence-corrected chi connectivity index (χ2v) is 9.26. The smallest absolute Gasteiger partial charge is 0.335 e. The van der Waals surface area contributed by atoms with E-state index in [0.29, 0.717) is 22.2 Å². The van der Waals surface area contributed by atoms with Gasteiger partial charge in [-0.25, -0.2) is 9.59 Å². The van der Waals surface area contributed by atoms with E-state index in [0.717, 1.165) is 28.6 Å². The summed E-state index contributed by atoms with van der Waals surface area (Å²) >= 11 is 5.76. The van der Waals surface area contributed by atoms with Crippen LogP contribution in [0.15, 0.2) is 77.3 Å². The standard InChI is InChI=1S/C28H23N3O5S/c1-15-6-7-20(11-16(15)2)31-25(24(30-28(31)37)21-5-3-4-10-29-21)23-9-8-22(36-23)17-12-18(26(32)33)14-19(13-17)27(34)35/h3-14,24-25H,1-2H3,(H,30,37)(H,32,33)(H,34,35)/t24-,25-/m1/s1. The van der Waals surface area contributed by atoms with E-state index in [1.54, 1.807) is 18.3 Å². The number of benzene rings is 2. The molecule has 0 saturated carbocycles. The number of carbonyl (C=O) groups is 2. The molecule has 1 saturated heterocycles. The number of nitrogens with zero attached hydrogens (tertiary/aromatic N) is 2. The van der Waals surface area contributed by atoms with Gasteiger partial charge in [0.15, 0.2) is 5.11 Å². The molecule has 4 aromatic rings. The number of pyridine rings is 1. The molecule has 1 aliphatic heterocycles. The number of rotatable bonds is 6. The molecule has 3 heterocycles. The number of carboxylic acids is 2. The molecule has 2 aromatic heterocycles. The van der Waals surface area contributed by atoms with Gasteiger partial charge >= 0.3 is 11.9 Å². The van der Waals surface area contributed by atoms with Crippen LogP contribution in [0.25, 0.3) is 11.3 Å². The quantitative estimate of drug-likeness (QED) is 0.286. The maximum Gasteiger partial charge on any atom is 0.335 e. The highest BCUT2D eigenvalue weighted by molar-refractivity contribution is 7.80. The molecular formula is C28H23N3O5S. The van der Waals surface area contributed by atoms with E-state index in [1.165, 1.54) is 12.1 Å². The summed E-state index contributed by atoms with van der Waals surface area (Å²) in [5, 5.41) is 22.8. The zero-order valence-corrected chi connectivity index (χ0v) is 20.8. The van der Waals surface area contributed by atoms with E-state index < -0.39 is 18.0 Å². The van der Waals surface area contributed by atoms with E-state index in [2.05, 4.69) is 16.4 Å². The number of carboxylic acid groups (broad SMARTS) is 2. The zero-order chi connectivity index (χ0) is 26.3. The van der Waals surface area contributed by atoms with E-state index in [4.69, 9.17) is 16.6 Å². The van der Waals surface area contributed by atoms with Crippen molar-refractivity contribution < 1.29 is 24.2 Å². The number of hydrogen-bond donors (Lipinski definition) is 3. The molecule has 8 nitrogen and oxygen atoms in total. The first-order valence-corrected chi connectivity index (χ1v) is 11.9. The van der Waals surface area contributed by atoms with Gasteiger partial charge in [0.1, 0.15) is 17.6 Å². The SMILES string of the molecule is Cc1ccc(N2C(=S)N[C@H](c3ccccn3)[C@H]2c2ccc(-c3cc(C(=O)O)cc(C(=O)O)c3)o2)cc1C. The Morgan fingerprint density at radius 3 is 2.30 bits per heavy atom. The predicted molar refractivity (Wildman–Crippen MR) is 142 cm³/mol. The van der Waals surface area contributed by atoms with Gasteiger partial charge in [-0.2, -0.15) is 0 Å². The maximum absolute atomic E-state index is 11.6. The van der Waals surface area contributed by atoms with Gasteiger partial charge < -0.3 is 24.8 Å². The van der Waals surface area contributed by atoms with Gasteiger partial charge in [-0.3, -0.25) is 4.98 Å². The predicted octanol–water partition coefficient (Wildman–Crippen LogP) is 5.53. The Labute approximate surface area is 218 Å². The Kier molecular flexibility index (Phi) is 6.22. The van der Waals surface area contributed by atoms with Gasteiger partial charge in [0, 0.05) is 17.4 Å². The Hall–Kier alpha value is -4.50. The lowest BCUT2D eigenvalue weighted by molar-refractivity contribution is 0.0696. The highest BCUT2D eigenvalue weighted by atomic mass is 32.1. The first-order valence-electron chi connectivity index (χ1n) is 11.5. The van der Waals surface area contributed by atoms with Crippen molar-refractivity contribution in [2.75, 3.05) is 4.90 Å². The number of aryl methyl sites for hydroxylation is 2. The number of aromatic carboxylic acids is 2. The van der Waals surface area contributed by atoms with Crippen molar-refractivity contribution in [3.05, 3.63) is 107 Å². The Balaban J connectivity index is 1.62. The molecule has 3 N–H and O–H groups in total. The third-order valence-electron chi connectivity index (χ3n) is 6.50. The fraction of sp³-hybridized carbons (Fsp3) is 0.143. The molecule has 9 heteroatoms. The van der Waals surface area contributed by atoms with Crippen LogP contribution in [-0.2, 0) is 0 Å². The van der Waals surface area contributed by atoms with Crippen molar-refractivity contribution >= 4 is 35.0 Å². The van der Waals surface area contributed by atoms with E-state index in [9.17, 15) is 19.8 Å². The van der Waals surface area contributed by atoms with Crippen molar-refractivity contribution in [1.82, 2.24) is 10.3 Å². The van der Waals surface area contributed by atoms with Crippen molar-refractivity contribution in [2.24, 2.45) is 0 Å². The van der Waals surface area contributed by atoms with Crippen LogP contribution in [0.5, 0.6) is 0 Å². The average molecular weight is 514 g/mol. The lowest BCUT2D eigenvalue weighted by atomic mass is 10.0. The molecule has 0 spiro atoms. The van der Waals surface area contributed by atoms with Gasteiger partial charge in [0.25, 0.3) is 0 Å². The largest absolute Gasteiger partial charge is 0.478 e. The molecule has 0 bridgehead atoms. The molecule has 2 atom stereocenters. The normalized spacial score (nSPS) is 17.0. The number of hydrogen-bond acceptors (Lipinski definition) is 5. The van der Waals surface area contributed by atoms with Gasteiger partial charge in [0.05, 0.1) is 22.9 Å². The van der Waals surface area contributed by atoms with Crippen LogP contribution in [0, 0.1) is 13.8 Å². The van der Waals surface area contributed by atoms with Crippen LogP contribution in [0.4, 0.5) is 5.69 Å². The zero-order valence-electron chi connectivity index (χ0n) is 20.0. The molecule has 1 aliphatic rings. The molecule has 0 unspecified atom stereocenters. The van der Waals surface area contributed by atoms with E-state index in [1.807, 2.05) is 49.1 Å². The van der Waals surface area contributed by atoms with Gasteiger partial charge in [-0.05, 0) is 91.8 Å². The topological polar surface area (TPSA) is 116 Å². The number of aromatic nitrogens is 1. The maximum atomic E-state index is 11.6. The molecule has 2 aromatic carbocycles. The van der Waals surface area contributed by atoms with Crippen LogP contribution in [0.1, 0.15) is 55.4 Å². The van der Waals surface area contributed by atoms with Crippen LogP contribution < -0.4 is 10.2 Å². The molecule has 186 valence electrons. The summed E-state index contributed by atoms with van der Waals surface area (Å²) in [6.07, 6.45) is 1.72. The molecule has 37 heavy (non-hydrogen) atoms. The molecule has 0 aliphatic carbocycles. The molecule has 1 fully saturated rings. The van der Waals surface area contributed by atoms with Crippen molar-refractivity contribution in [3.63, 3.8) is 0 Å². The van der Waals surface area contributed by atoms with Crippen molar-refractivity contribution in [1.29, 1.82) is 0 Å². The van der Waals surface area contributed by atoms with Crippen LogP contribution >= 0.6 is 12.2 Å². The first-order chi connectivity index (χ1) is 17.7. The Morgan fingerprint density at radius 2 is 1.68 bits per heavy atom. The fourth-order valence-electron chi connectivity index (χ4n) is 4.48. The summed E-state index contributed by atoms with van der Waals surface area (Å²) in [5.41, 5.74) is 4.02. The first kappa shape index (κ1) is 24.2. The number of thiocarbonyl (C=S) groups is 1. The third-order valence-corrected chi connectivity index (χ3v) is 6.81. The highest BCUT2D eigenvalue weighted by Crippen LogP contribution is 2.43. The van der Waals surface area contributed by atoms with Crippen LogP contribution in [-0.4, -0.2) is 32.2 Å². The number of nitrogens with one attached hydrogen (secondary N) is 1. The Morgan fingerprint density at radius 1 is 0.946 bits per heavy atom. The molecule has 5 rings (SSSR count). The minimum atomic E-state index is -1.22. The minimum absolute atomic E-state index is 0.139. The van der Waals surface area contributed by atoms with Gasteiger partial charge in [-0.15, -0.1) is 0 Å². The average Bonchev–Trinajstić information content (AvgIpc) is 3.50. The minimum Gasteiger partial charge on any atom is -0.478 e. The summed E-state index contributed by atoms with van der Waals surface area (Å²) in [6, 6.07) is 18.5.